The maximum atomic E-state index is 11.2. The summed E-state index contributed by atoms with van der Waals surface area (Å²) in [5.74, 6) is -1.15. The van der Waals surface area contributed by atoms with Crippen LogP contribution in [0.3, 0.4) is 0 Å². The molecule has 0 spiro atoms. The van der Waals surface area contributed by atoms with Crippen molar-refractivity contribution in [2.45, 2.75) is 19.6 Å². The Morgan fingerprint density at radius 1 is 0.828 bits per heavy atom. The summed E-state index contributed by atoms with van der Waals surface area (Å²) in [6, 6.07) is 26.6. The van der Waals surface area contributed by atoms with Gasteiger partial charge < -0.3 is 14.6 Å². The molecule has 0 saturated carbocycles. The summed E-state index contributed by atoms with van der Waals surface area (Å²) < 4.78 is 11.9. The van der Waals surface area contributed by atoms with E-state index >= 15 is 0 Å². The molecule has 29 heavy (non-hydrogen) atoms. The lowest BCUT2D eigenvalue weighted by molar-refractivity contribution is -0.139. The van der Waals surface area contributed by atoms with Crippen molar-refractivity contribution in [3.63, 3.8) is 0 Å². The number of hydrogen-bond donors (Lipinski definition) is 1. The molecule has 0 heterocycles. The van der Waals surface area contributed by atoms with Crippen LogP contribution in [0.5, 0.6) is 11.5 Å². The molecular formula is C24H21NO4. The highest BCUT2D eigenvalue weighted by Crippen LogP contribution is 2.31. The number of hydrogen-bond acceptors (Lipinski definition) is 4. The standard InChI is InChI=1S/C24H21NO4/c25-15-21(24(26)27)13-20-11-12-22(28-16-18-7-3-1-4-8-18)23(14-20)29-17-19-9-5-2-6-10-19/h1-12,14,21H,13,16-17H2,(H,26,27). The van der Waals surface area contributed by atoms with Gasteiger partial charge in [0.1, 0.15) is 19.1 Å². The Kier molecular flexibility index (Phi) is 6.85. The molecule has 3 aromatic rings. The van der Waals surface area contributed by atoms with Crippen LogP contribution < -0.4 is 9.47 Å². The monoisotopic (exact) mass is 387 g/mol. The molecule has 1 N–H and O–H groups in total. The first-order valence-corrected chi connectivity index (χ1v) is 9.24. The normalized spacial score (nSPS) is 11.3. The summed E-state index contributed by atoms with van der Waals surface area (Å²) in [5.41, 5.74) is 2.74. The van der Waals surface area contributed by atoms with Crippen molar-refractivity contribution in [3.05, 3.63) is 95.6 Å². The van der Waals surface area contributed by atoms with Gasteiger partial charge in [0, 0.05) is 0 Å². The Morgan fingerprint density at radius 3 is 1.90 bits per heavy atom. The van der Waals surface area contributed by atoms with Gasteiger partial charge in [-0.3, -0.25) is 4.79 Å². The molecule has 0 aliphatic heterocycles. The molecule has 0 fully saturated rings. The lowest BCUT2D eigenvalue weighted by Crippen LogP contribution is -2.14. The van der Waals surface area contributed by atoms with Gasteiger partial charge in [-0.1, -0.05) is 66.7 Å². The summed E-state index contributed by atoms with van der Waals surface area (Å²) in [5, 5.41) is 18.2. The van der Waals surface area contributed by atoms with Crippen molar-refractivity contribution in [2.75, 3.05) is 0 Å². The Balaban J connectivity index is 1.79. The highest BCUT2D eigenvalue weighted by atomic mass is 16.5. The molecule has 146 valence electrons. The van der Waals surface area contributed by atoms with E-state index in [-0.39, 0.29) is 6.42 Å². The van der Waals surface area contributed by atoms with Crippen molar-refractivity contribution in [3.8, 4) is 17.6 Å². The number of aliphatic carboxylic acids is 1. The van der Waals surface area contributed by atoms with E-state index < -0.39 is 11.9 Å². The number of nitriles is 1. The molecule has 5 nitrogen and oxygen atoms in total. The van der Waals surface area contributed by atoms with Gasteiger partial charge in [-0.15, -0.1) is 0 Å². The van der Waals surface area contributed by atoms with Crippen LogP contribution in [0.1, 0.15) is 16.7 Å². The summed E-state index contributed by atoms with van der Waals surface area (Å²) in [6.45, 7) is 0.741. The smallest absolute Gasteiger partial charge is 0.321 e. The molecule has 1 atom stereocenters. The molecule has 5 heteroatoms. The minimum absolute atomic E-state index is 0.104. The van der Waals surface area contributed by atoms with E-state index in [4.69, 9.17) is 19.8 Å². The van der Waals surface area contributed by atoms with Crippen LogP contribution in [0, 0.1) is 17.2 Å². The second-order valence-corrected chi connectivity index (χ2v) is 6.55. The summed E-state index contributed by atoms with van der Waals surface area (Å²) in [7, 11) is 0. The second-order valence-electron chi connectivity index (χ2n) is 6.55. The Morgan fingerprint density at radius 2 is 1.38 bits per heavy atom. The number of benzene rings is 3. The van der Waals surface area contributed by atoms with Gasteiger partial charge >= 0.3 is 5.97 Å². The quantitative estimate of drug-likeness (QED) is 0.580. The predicted octanol–water partition coefficient (Wildman–Crippen LogP) is 4.61. The van der Waals surface area contributed by atoms with Gasteiger partial charge in [-0.25, -0.2) is 0 Å². The molecule has 0 amide bonds. The lowest BCUT2D eigenvalue weighted by Gasteiger charge is -2.15. The van der Waals surface area contributed by atoms with Crippen LogP contribution in [0.4, 0.5) is 0 Å². The van der Waals surface area contributed by atoms with E-state index in [0.29, 0.717) is 30.3 Å². The molecule has 3 aromatic carbocycles. The predicted molar refractivity (Wildman–Crippen MR) is 108 cm³/mol. The van der Waals surface area contributed by atoms with Gasteiger partial charge in [-0.05, 0) is 35.2 Å². The first-order chi connectivity index (χ1) is 14.2. The zero-order valence-corrected chi connectivity index (χ0v) is 15.8. The first-order valence-electron chi connectivity index (χ1n) is 9.24. The van der Waals surface area contributed by atoms with Crippen LogP contribution in [0.2, 0.25) is 0 Å². The van der Waals surface area contributed by atoms with Crippen molar-refractivity contribution >= 4 is 5.97 Å². The Bertz CT molecular complexity index is 981. The topological polar surface area (TPSA) is 79.5 Å². The van der Waals surface area contributed by atoms with E-state index in [1.807, 2.05) is 66.7 Å². The fourth-order valence-electron chi connectivity index (χ4n) is 2.81. The van der Waals surface area contributed by atoms with Gasteiger partial charge in [0.25, 0.3) is 0 Å². The maximum absolute atomic E-state index is 11.2. The molecular weight excluding hydrogens is 366 g/mol. The minimum Gasteiger partial charge on any atom is -0.485 e. The van der Waals surface area contributed by atoms with E-state index in [1.165, 1.54) is 0 Å². The van der Waals surface area contributed by atoms with Crippen molar-refractivity contribution in [2.24, 2.45) is 5.92 Å². The highest BCUT2D eigenvalue weighted by molar-refractivity contribution is 5.73. The molecule has 0 aliphatic carbocycles. The Labute approximate surface area is 169 Å². The zero-order chi connectivity index (χ0) is 20.5. The second kappa shape index (κ2) is 9.95. The fourth-order valence-corrected chi connectivity index (χ4v) is 2.81. The van der Waals surface area contributed by atoms with Gasteiger partial charge in [0.05, 0.1) is 6.07 Å². The average molecular weight is 387 g/mol. The van der Waals surface area contributed by atoms with E-state index in [9.17, 15) is 4.79 Å². The van der Waals surface area contributed by atoms with Crippen LogP contribution in [-0.4, -0.2) is 11.1 Å². The molecule has 0 saturated heterocycles. The molecule has 3 rings (SSSR count). The SMILES string of the molecule is N#CC(Cc1ccc(OCc2ccccc2)c(OCc2ccccc2)c1)C(=O)O. The largest absolute Gasteiger partial charge is 0.485 e. The average Bonchev–Trinajstić information content (AvgIpc) is 2.76. The molecule has 0 bridgehead atoms. The van der Waals surface area contributed by atoms with Gasteiger partial charge in [-0.2, -0.15) is 5.26 Å². The molecule has 0 aromatic heterocycles. The van der Waals surface area contributed by atoms with E-state index in [2.05, 4.69) is 0 Å². The van der Waals surface area contributed by atoms with Crippen LogP contribution in [0.25, 0.3) is 0 Å². The van der Waals surface area contributed by atoms with Crippen molar-refractivity contribution in [1.29, 1.82) is 5.26 Å². The number of ether oxygens (including phenoxy) is 2. The lowest BCUT2D eigenvalue weighted by atomic mass is 10.0. The highest BCUT2D eigenvalue weighted by Gasteiger charge is 2.18. The molecule has 0 radical (unpaired) electrons. The van der Waals surface area contributed by atoms with Crippen LogP contribution >= 0.6 is 0 Å². The van der Waals surface area contributed by atoms with Gasteiger partial charge in [0.2, 0.25) is 0 Å². The minimum atomic E-state index is -1.14. The number of carboxylic acid groups (broad SMARTS) is 1. The van der Waals surface area contributed by atoms with Gasteiger partial charge in [0.15, 0.2) is 11.5 Å². The fraction of sp³-hybridized carbons (Fsp3) is 0.167. The molecule has 1 unspecified atom stereocenters. The first kappa shape index (κ1) is 20.0. The third-order valence-electron chi connectivity index (χ3n) is 4.38. The van der Waals surface area contributed by atoms with E-state index in [0.717, 1.165) is 11.1 Å². The maximum Gasteiger partial charge on any atom is 0.321 e. The third kappa shape index (κ3) is 5.85. The molecule has 0 aliphatic rings. The van der Waals surface area contributed by atoms with Crippen molar-refractivity contribution in [1.82, 2.24) is 0 Å². The summed E-state index contributed by atoms with van der Waals surface area (Å²) in [4.78, 5) is 11.2. The van der Waals surface area contributed by atoms with Crippen LogP contribution in [-0.2, 0) is 24.4 Å². The number of carbonyl (C=O) groups is 1. The van der Waals surface area contributed by atoms with E-state index in [1.54, 1.807) is 18.2 Å². The Hall–Kier alpha value is -3.78. The summed E-state index contributed by atoms with van der Waals surface area (Å²) in [6.07, 6.45) is 0.104. The van der Waals surface area contributed by atoms with Crippen molar-refractivity contribution < 1.29 is 19.4 Å². The third-order valence-corrected chi connectivity index (χ3v) is 4.38. The zero-order valence-electron chi connectivity index (χ0n) is 15.8. The number of rotatable bonds is 9. The number of carboxylic acids is 1. The summed E-state index contributed by atoms with van der Waals surface area (Å²) >= 11 is 0. The number of nitrogens with zero attached hydrogens (tertiary/aromatic N) is 1. The van der Waals surface area contributed by atoms with Crippen LogP contribution in [0.15, 0.2) is 78.9 Å².